The van der Waals surface area contributed by atoms with Crippen LogP contribution in [-0.2, 0) is 11.3 Å². The van der Waals surface area contributed by atoms with Gasteiger partial charge >= 0.3 is 0 Å². The lowest BCUT2D eigenvalue weighted by Gasteiger charge is -2.10. The molecule has 0 radical (unpaired) electrons. The Morgan fingerprint density at radius 2 is 1.70 bits per heavy atom. The van der Waals surface area contributed by atoms with Gasteiger partial charge < -0.3 is 10.6 Å². The second kappa shape index (κ2) is 9.00. The number of rotatable bonds is 7. The first kappa shape index (κ1) is 18.7. The average Bonchev–Trinajstić information content (AvgIpc) is 2.71. The Balaban J connectivity index is 1.55. The van der Waals surface area contributed by atoms with Gasteiger partial charge in [0.25, 0.3) is 5.56 Å². The van der Waals surface area contributed by atoms with Crippen molar-refractivity contribution in [3.63, 3.8) is 0 Å². The van der Waals surface area contributed by atoms with Gasteiger partial charge in [0.15, 0.2) is 0 Å². The minimum Gasteiger partial charge on any atom is -0.382 e. The van der Waals surface area contributed by atoms with Crippen molar-refractivity contribution < 1.29 is 4.79 Å². The van der Waals surface area contributed by atoms with E-state index in [0.29, 0.717) is 24.5 Å². The number of hydrogen-bond acceptors (Lipinski definition) is 4. The Bertz CT molecular complexity index is 959. The highest BCUT2D eigenvalue weighted by Crippen LogP contribution is 2.16. The summed E-state index contributed by atoms with van der Waals surface area (Å²) < 4.78 is 1.24. The molecule has 0 fully saturated rings. The first-order valence-corrected chi connectivity index (χ1v) is 8.90. The van der Waals surface area contributed by atoms with Crippen LogP contribution in [0.25, 0.3) is 5.69 Å². The predicted octanol–water partition coefficient (Wildman–Crippen LogP) is 3.00. The molecule has 0 aliphatic heterocycles. The lowest BCUT2D eigenvalue weighted by atomic mass is 10.2. The van der Waals surface area contributed by atoms with Gasteiger partial charge in [0.05, 0.1) is 17.6 Å². The molecule has 0 spiro atoms. The van der Waals surface area contributed by atoms with Crippen LogP contribution in [-0.4, -0.2) is 22.2 Å². The summed E-state index contributed by atoms with van der Waals surface area (Å²) >= 11 is 6.17. The van der Waals surface area contributed by atoms with Crippen LogP contribution in [0.5, 0.6) is 0 Å². The molecule has 1 aromatic heterocycles. The number of carbonyl (C=O) groups excluding carboxylic acids is 1. The van der Waals surface area contributed by atoms with Gasteiger partial charge in [-0.15, -0.1) is 0 Å². The zero-order valence-electron chi connectivity index (χ0n) is 14.6. The van der Waals surface area contributed by atoms with Gasteiger partial charge in [-0.25, -0.2) is 0 Å². The molecule has 1 amide bonds. The molecule has 0 saturated carbocycles. The molecule has 7 heteroatoms. The molecule has 1 heterocycles. The molecule has 0 bridgehead atoms. The number of hydrogen-bond donors (Lipinski definition) is 2. The summed E-state index contributed by atoms with van der Waals surface area (Å²) in [6.45, 7) is 0.825. The van der Waals surface area contributed by atoms with Gasteiger partial charge in [-0.2, -0.15) is 9.78 Å². The second-order valence-corrected chi connectivity index (χ2v) is 6.24. The van der Waals surface area contributed by atoms with E-state index in [4.69, 9.17) is 11.6 Å². The Kier molecular flexibility index (Phi) is 6.22. The number of halogens is 1. The average molecular weight is 383 g/mol. The molecule has 0 aliphatic carbocycles. The molecule has 0 aliphatic rings. The van der Waals surface area contributed by atoms with E-state index in [1.54, 1.807) is 12.1 Å². The SMILES string of the molecule is O=C(CCNc1cnn(-c2ccccc2)c(=O)c1Cl)NCc1ccccc1. The minimum atomic E-state index is -0.415. The molecule has 27 heavy (non-hydrogen) atoms. The van der Waals surface area contributed by atoms with E-state index in [1.807, 2.05) is 48.5 Å². The molecule has 3 aromatic rings. The van der Waals surface area contributed by atoms with Crippen molar-refractivity contribution in [1.82, 2.24) is 15.1 Å². The number of carbonyl (C=O) groups is 1. The molecule has 0 unspecified atom stereocenters. The van der Waals surface area contributed by atoms with Gasteiger partial charge in [-0.05, 0) is 17.7 Å². The third-order valence-corrected chi connectivity index (χ3v) is 4.28. The summed E-state index contributed by atoms with van der Waals surface area (Å²) in [7, 11) is 0. The zero-order chi connectivity index (χ0) is 19.1. The fourth-order valence-electron chi connectivity index (χ4n) is 2.50. The molecule has 0 atom stereocenters. The minimum absolute atomic E-state index is 0.0403. The number of aromatic nitrogens is 2. The van der Waals surface area contributed by atoms with Crippen molar-refractivity contribution in [2.45, 2.75) is 13.0 Å². The van der Waals surface area contributed by atoms with Crippen LogP contribution in [0.1, 0.15) is 12.0 Å². The quantitative estimate of drug-likeness (QED) is 0.658. The van der Waals surface area contributed by atoms with E-state index in [9.17, 15) is 9.59 Å². The van der Waals surface area contributed by atoms with Crippen molar-refractivity contribution in [1.29, 1.82) is 0 Å². The Hall–Kier alpha value is -3.12. The van der Waals surface area contributed by atoms with E-state index in [0.717, 1.165) is 5.56 Å². The first-order valence-electron chi connectivity index (χ1n) is 8.53. The van der Waals surface area contributed by atoms with Crippen molar-refractivity contribution in [2.75, 3.05) is 11.9 Å². The molecule has 2 N–H and O–H groups in total. The highest BCUT2D eigenvalue weighted by Gasteiger charge is 2.10. The van der Waals surface area contributed by atoms with Gasteiger partial charge in [-0.3, -0.25) is 9.59 Å². The largest absolute Gasteiger partial charge is 0.382 e. The molecule has 138 valence electrons. The van der Waals surface area contributed by atoms with Crippen molar-refractivity contribution in [2.24, 2.45) is 0 Å². The molecule has 2 aromatic carbocycles. The fourth-order valence-corrected chi connectivity index (χ4v) is 2.70. The Morgan fingerprint density at radius 3 is 2.41 bits per heavy atom. The van der Waals surface area contributed by atoms with Crippen LogP contribution in [0.2, 0.25) is 5.02 Å². The van der Waals surface area contributed by atoms with Crippen LogP contribution >= 0.6 is 11.6 Å². The third kappa shape index (κ3) is 4.95. The molecular weight excluding hydrogens is 364 g/mol. The second-order valence-electron chi connectivity index (χ2n) is 5.86. The van der Waals surface area contributed by atoms with E-state index >= 15 is 0 Å². The van der Waals surface area contributed by atoms with E-state index in [-0.39, 0.29) is 17.4 Å². The molecule has 3 rings (SSSR count). The van der Waals surface area contributed by atoms with Crippen molar-refractivity contribution in [3.8, 4) is 5.69 Å². The van der Waals surface area contributed by atoms with Crippen molar-refractivity contribution in [3.05, 3.63) is 87.8 Å². The first-order chi connectivity index (χ1) is 13.1. The lowest BCUT2D eigenvalue weighted by Crippen LogP contribution is -2.26. The summed E-state index contributed by atoms with van der Waals surface area (Å²) in [5, 5.41) is 10.0. The van der Waals surface area contributed by atoms with Crippen LogP contribution in [0.4, 0.5) is 5.69 Å². The number of para-hydroxylation sites is 1. The highest BCUT2D eigenvalue weighted by atomic mass is 35.5. The summed E-state index contributed by atoms with van der Waals surface area (Å²) in [6.07, 6.45) is 1.74. The maximum absolute atomic E-state index is 12.4. The normalized spacial score (nSPS) is 10.4. The maximum Gasteiger partial charge on any atom is 0.292 e. The number of amides is 1. The monoisotopic (exact) mass is 382 g/mol. The smallest absolute Gasteiger partial charge is 0.292 e. The maximum atomic E-state index is 12.4. The zero-order valence-corrected chi connectivity index (χ0v) is 15.3. The lowest BCUT2D eigenvalue weighted by molar-refractivity contribution is -0.121. The van der Waals surface area contributed by atoms with Crippen LogP contribution in [0, 0.1) is 0 Å². The van der Waals surface area contributed by atoms with Gasteiger partial charge in [-0.1, -0.05) is 60.1 Å². The number of nitrogens with one attached hydrogen (secondary N) is 2. The highest BCUT2D eigenvalue weighted by molar-refractivity contribution is 6.32. The summed E-state index contributed by atoms with van der Waals surface area (Å²) in [6, 6.07) is 18.7. The molecular formula is C20H19ClN4O2. The van der Waals surface area contributed by atoms with Gasteiger partial charge in [0.2, 0.25) is 5.91 Å². The summed E-state index contributed by atoms with van der Waals surface area (Å²) in [5.41, 5.74) is 1.66. The summed E-state index contributed by atoms with van der Waals surface area (Å²) in [5.74, 6) is -0.0898. The van der Waals surface area contributed by atoms with E-state index < -0.39 is 5.56 Å². The fraction of sp³-hybridized carbons (Fsp3) is 0.150. The van der Waals surface area contributed by atoms with E-state index in [1.165, 1.54) is 10.9 Å². The number of nitrogens with zero attached hydrogens (tertiary/aromatic N) is 2. The van der Waals surface area contributed by atoms with Crippen LogP contribution in [0.15, 0.2) is 71.7 Å². The number of benzene rings is 2. The number of anilines is 1. The Morgan fingerprint density at radius 1 is 1.04 bits per heavy atom. The summed E-state index contributed by atoms with van der Waals surface area (Å²) in [4.78, 5) is 24.3. The molecule has 6 nitrogen and oxygen atoms in total. The topological polar surface area (TPSA) is 76.0 Å². The van der Waals surface area contributed by atoms with E-state index in [2.05, 4.69) is 15.7 Å². The third-order valence-electron chi connectivity index (χ3n) is 3.92. The van der Waals surface area contributed by atoms with Crippen LogP contribution in [0.3, 0.4) is 0 Å². The standard InChI is InChI=1S/C20H19ClN4O2/c21-19-17(14-24-25(20(19)27)16-9-5-2-6-10-16)22-12-11-18(26)23-13-15-7-3-1-4-8-15/h1-10,14,22H,11-13H2,(H,23,26). The predicted molar refractivity (Wildman–Crippen MR) is 106 cm³/mol. The van der Waals surface area contributed by atoms with Crippen LogP contribution < -0.4 is 16.2 Å². The van der Waals surface area contributed by atoms with Gasteiger partial charge in [0, 0.05) is 19.5 Å². The molecule has 0 saturated heterocycles. The van der Waals surface area contributed by atoms with Crippen molar-refractivity contribution >= 4 is 23.2 Å². The Labute approximate surface area is 161 Å². The van der Waals surface area contributed by atoms with Gasteiger partial charge in [0.1, 0.15) is 5.02 Å².